The summed E-state index contributed by atoms with van der Waals surface area (Å²) in [6.45, 7) is 1.75. The zero-order valence-corrected chi connectivity index (χ0v) is 10.5. The van der Waals surface area contributed by atoms with Gasteiger partial charge in [-0.15, -0.1) is 0 Å². The van der Waals surface area contributed by atoms with Crippen molar-refractivity contribution in [1.82, 2.24) is 0 Å². The van der Waals surface area contributed by atoms with Crippen LogP contribution in [0.4, 0.5) is 0 Å². The van der Waals surface area contributed by atoms with Gasteiger partial charge in [-0.05, 0) is 37.3 Å². The van der Waals surface area contributed by atoms with Gasteiger partial charge in [-0.25, -0.2) is 0 Å². The molecule has 1 aromatic carbocycles. The molecule has 0 spiro atoms. The summed E-state index contributed by atoms with van der Waals surface area (Å²) in [6, 6.07) is 4.93. The summed E-state index contributed by atoms with van der Waals surface area (Å²) in [4.78, 5) is 11.1. The first-order valence-electron chi connectivity index (χ1n) is 4.51. The van der Waals surface area contributed by atoms with E-state index in [0.717, 1.165) is 18.4 Å². The molecule has 68 valence electrons. The van der Waals surface area contributed by atoms with Crippen molar-refractivity contribution in [2.24, 2.45) is 0 Å². The normalized spacial score (nSPS) is 14.6. The van der Waals surface area contributed by atoms with Crippen LogP contribution < -0.4 is 40.1 Å². The first-order valence-corrected chi connectivity index (χ1v) is 4.51. The van der Waals surface area contributed by atoms with Gasteiger partial charge in [0.2, 0.25) is 0 Å². The van der Waals surface area contributed by atoms with Gasteiger partial charge in [0.1, 0.15) is 0 Å². The second kappa shape index (κ2) is 4.47. The second-order valence-corrected chi connectivity index (χ2v) is 3.57. The van der Waals surface area contributed by atoms with E-state index < -0.39 is 5.43 Å². The van der Waals surface area contributed by atoms with E-state index in [1.54, 1.807) is 13.0 Å². The number of hydrogen-bond donors (Lipinski definition) is 0. The summed E-state index contributed by atoms with van der Waals surface area (Å²) in [6.07, 6.45) is 2.30. The zero-order valence-electron chi connectivity index (χ0n) is 8.54. The summed E-state index contributed by atoms with van der Waals surface area (Å²) in [5.74, 6) is 0.186. The first-order chi connectivity index (χ1) is 6.20. The van der Waals surface area contributed by atoms with Crippen molar-refractivity contribution < 1.29 is 34.7 Å². The molecule has 2 rings (SSSR count). The van der Waals surface area contributed by atoms with Crippen molar-refractivity contribution in [3.05, 3.63) is 39.5 Å². The van der Waals surface area contributed by atoms with Gasteiger partial charge in [0, 0.05) is 0 Å². The van der Waals surface area contributed by atoms with E-state index in [4.69, 9.17) is 0 Å². The maximum Gasteiger partial charge on any atom is 1.00 e. The van der Waals surface area contributed by atoms with E-state index >= 15 is 0 Å². The Morgan fingerprint density at radius 3 is 2.57 bits per heavy atom. The minimum atomic E-state index is -0.399. The fraction of sp³-hybridized carbons (Fsp3) is 0.364. The van der Waals surface area contributed by atoms with Crippen LogP contribution in [0.3, 0.4) is 0 Å². The Bertz CT molecular complexity index is 397. The molecule has 0 unspecified atom stereocenters. The van der Waals surface area contributed by atoms with Gasteiger partial charge in [0.15, 0.2) is 5.43 Å². The van der Waals surface area contributed by atoms with Gasteiger partial charge < -0.3 is 5.11 Å². The van der Waals surface area contributed by atoms with Gasteiger partial charge in [-0.1, -0.05) is 23.4 Å². The molecule has 0 N–H and O–H groups in total. The summed E-state index contributed by atoms with van der Waals surface area (Å²) >= 11 is 0. The fourth-order valence-electron chi connectivity index (χ4n) is 1.59. The number of hydrogen-bond acceptors (Lipinski definition) is 2. The van der Waals surface area contributed by atoms with E-state index in [2.05, 4.69) is 0 Å². The van der Waals surface area contributed by atoms with Crippen LogP contribution in [0.15, 0.2) is 23.0 Å². The van der Waals surface area contributed by atoms with Crippen LogP contribution in [-0.2, 0) is 0 Å². The average Bonchev–Trinajstić information content (AvgIpc) is 2.91. The molecule has 0 amide bonds. The molecule has 1 saturated carbocycles. The van der Waals surface area contributed by atoms with E-state index in [1.165, 1.54) is 6.07 Å². The van der Waals surface area contributed by atoms with Crippen LogP contribution in [-0.4, -0.2) is 0 Å². The Hall–Kier alpha value is -0.310. The van der Waals surface area contributed by atoms with Crippen LogP contribution in [0, 0.1) is 6.92 Å². The van der Waals surface area contributed by atoms with E-state index in [1.807, 2.05) is 6.07 Å². The third-order valence-corrected chi connectivity index (χ3v) is 2.54. The fourth-order valence-corrected chi connectivity index (χ4v) is 1.59. The van der Waals surface area contributed by atoms with Crippen molar-refractivity contribution in [1.29, 1.82) is 0 Å². The standard InChI is InChI=1S/C11H12O2.Na/c1-7-9(8-5-6-8)3-2-4-10(12)11(7)13;/h2-4,8H,5-6H2,1H3,(H,12,13);/q;+1/p-1. The van der Waals surface area contributed by atoms with Crippen LogP contribution >= 0.6 is 0 Å². The predicted octanol–water partition coefficient (Wildman–Crippen LogP) is -1.69. The van der Waals surface area contributed by atoms with Gasteiger partial charge in [0.05, 0.1) is 0 Å². The Balaban J connectivity index is 0.000000980. The van der Waals surface area contributed by atoms with Crippen molar-refractivity contribution in [3.63, 3.8) is 0 Å². The van der Waals surface area contributed by atoms with Crippen molar-refractivity contribution in [2.45, 2.75) is 25.7 Å². The molecule has 1 aromatic rings. The third-order valence-electron chi connectivity index (χ3n) is 2.54. The molecule has 0 aromatic heterocycles. The van der Waals surface area contributed by atoms with Crippen molar-refractivity contribution in [3.8, 4) is 5.75 Å². The van der Waals surface area contributed by atoms with E-state index in [-0.39, 0.29) is 35.3 Å². The molecule has 0 bridgehead atoms. The van der Waals surface area contributed by atoms with Gasteiger partial charge in [-0.3, -0.25) is 4.79 Å². The average molecular weight is 198 g/mol. The topological polar surface area (TPSA) is 40.1 Å². The largest absolute Gasteiger partial charge is 1.00 e. The molecule has 1 aliphatic rings. The predicted molar refractivity (Wildman–Crippen MR) is 48.9 cm³/mol. The monoisotopic (exact) mass is 198 g/mol. The molecule has 0 heterocycles. The van der Waals surface area contributed by atoms with Crippen molar-refractivity contribution in [2.75, 3.05) is 0 Å². The summed E-state index contributed by atoms with van der Waals surface area (Å²) < 4.78 is 0. The minimum Gasteiger partial charge on any atom is -0.870 e. The minimum absolute atomic E-state index is 0. The SMILES string of the molecule is Cc1c(C2CC2)cccc(=O)c1[O-].[Na+]. The molecule has 0 saturated heterocycles. The van der Waals surface area contributed by atoms with Crippen LogP contribution in [0.25, 0.3) is 0 Å². The zero-order chi connectivity index (χ0) is 9.42. The summed E-state index contributed by atoms with van der Waals surface area (Å²) in [5.41, 5.74) is 1.30. The third kappa shape index (κ3) is 2.19. The Morgan fingerprint density at radius 1 is 1.36 bits per heavy atom. The Kier molecular flexibility index (Phi) is 3.76. The molecular formula is C11H11NaO2. The molecule has 0 atom stereocenters. The van der Waals surface area contributed by atoms with Gasteiger partial charge in [0.25, 0.3) is 0 Å². The second-order valence-electron chi connectivity index (χ2n) is 3.57. The quantitative estimate of drug-likeness (QED) is 0.505. The van der Waals surface area contributed by atoms with Crippen LogP contribution in [0.5, 0.6) is 5.75 Å². The molecule has 14 heavy (non-hydrogen) atoms. The Labute approximate surface area is 105 Å². The molecule has 3 heteroatoms. The molecule has 1 aliphatic carbocycles. The molecule has 2 nitrogen and oxygen atoms in total. The summed E-state index contributed by atoms with van der Waals surface area (Å²) in [5, 5.41) is 11.4. The maximum atomic E-state index is 11.4. The van der Waals surface area contributed by atoms with Gasteiger partial charge >= 0.3 is 29.6 Å². The first kappa shape index (κ1) is 11.8. The molecular weight excluding hydrogens is 187 g/mol. The maximum absolute atomic E-state index is 11.4. The van der Waals surface area contributed by atoms with E-state index in [0.29, 0.717) is 11.5 Å². The van der Waals surface area contributed by atoms with Crippen molar-refractivity contribution >= 4 is 0 Å². The van der Waals surface area contributed by atoms with Crippen LogP contribution in [0.1, 0.15) is 29.9 Å². The smallest absolute Gasteiger partial charge is 0.870 e. The summed E-state index contributed by atoms with van der Waals surface area (Å²) in [7, 11) is 0. The van der Waals surface area contributed by atoms with E-state index in [9.17, 15) is 9.90 Å². The molecule has 0 aliphatic heterocycles. The number of rotatable bonds is 1. The van der Waals surface area contributed by atoms with Crippen LogP contribution in [0.2, 0.25) is 0 Å². The Morgan fingerprint density at radius 2 is 2.00 bits per heavy atom. The molecule has 1 fully saturated rings. The van der Waals surface area contributed by atoms with Gasteiger partial charge in [-0.2, -0.15) is 0 Å². The molecule has 0 radical (unpaired) electrons.